The van der Waals surface area contributed by atoms with E-state index in [9.17, 15) is 28.0 Å². The van der Waals surface area contributed by atoms with Crippen LogP contribution in [0.3, 0.4) is 0 Å². The van der Waals surface area contributed by atoms with E-state index in [1.165, 1.54) is 150 Å². The fraction of sp³-hybridized carbons (Fsp3) is 0.367. The average molecular weight is 985 g/mol. The lowest BCUT2D eigenvalue weighted by Crippen LogP contribution is -2.11. The van der Waals surface area contributed by atoms with Gasteiger partial charge in [-0.15, -0.1) is 0 Å². The molecule has 0 saturated carbocycles. The zero-order chi connectivity index (χ0) is 50.9. The Balaban J connectivity index is 0.922. The fourth-order valence-electron chi connectivity index (χ4n) is 7.99. The Hall–Kier alpha value is -7.08. The molecule has 0 N–H and O–H groups in total. The Labute approximate surface area is 421 Å². The van der Waals surface area contributed by atoms with Crippen molar-refractivity contribution in [2.75, 3.05) is 13.2 Å². The number of unbranched alkanes of at least 4 members (excludes halogenated alkanes) is 16. The predicted molar refractivity (Wildman–Crippen MR) is 275 cm³/mol. The monoisotopic (exact) mass is 984 g/mol. The van der Waals surface area contributed by atoms with Gasteiger partial charge in [0.15, 0.2) is 23.1 Å². The fourth-order valence-corrected chi connectivity index (χ4v) is 7.99. The number of esters is 4. The van der Waals surface area contributed by atoms with Gasteiger partial charge in [-0.05, 0) is 133 Å². The number of fused-ring (bicyclic) bond motifs is 1. The third kappa shape index (κ3) is 17.6. The van der Waals surface area contributed by atoms with E-state index in [1.54, 1.807) is 36.4 Å². The molecule has 380 valence electrons. The van der Waals surface area contributed by atoms with Crippen LogP contribution in [-0.4, -0.2) is 37.1 Å². The zero-order valence-electron chi connectivity index (χ0n) is 41.5. The van der Waals surface area contributed by atoms with Crippen molar-refractivity contribution < 1.29 is 56.4 Å². The van der Waals surface area contributed by atoms with E-state index in [0.29, 0.717) is 18.6 Å². The number of ether oxygens (including phenoxy) is 6. The maximum atomic E-state index is 14.8. The van der Waals surface area contributed by atoms with Crippen LogP contribution in [0, 0.1) is 11.6 Å². The highest BCUT2D eigenvalue weighted by atomic mass is 19.1. The van der Waals surface area contributed by atoms with Crippen LogP contribution in [0.5, 0.6) is 34.5 Å². The summed E-state index contributed by atoms with van der Waals surface area (Å²) in [4.78, 5) is 51.8. The quantitative estimate of drug-likeness (QED) is 0.0245. The number of carbonyl (C=O) groups excluding carboxylic acids is 4. The molecule has 12 heteroatoms. The predicted octanol–water partition coefficient (Wildman–Crippen LogP) is 15.8. The lowest BCUT2D eigenvalue weighted by atomic mass is 10.1. The van der Waals surface area contributed by atoms with Gasteiger partial charge in [0, 0.05) is 0 Å². The molecule has 6 aromatic carbocycles. The van der Waals surface area contributed by atoms with Gasteiger partial charge in [-0.25, -0.2) is 28.0 Å². The van der Waals surface area contributed by atoms with Crippen molar-refractivity contribution in [1.29, 1.82) is 0 Å². The molecule has 0 heterocycles. The molecule has 0 saturated heterocycles. The first-order valence-corrected chi connectivity index (χ1v) is 25.6. The van der Waals surface area contributed by atoms with E-state index >= 15 is 0 Å². The van der Waals surface area contributed by atoms with Crippen LogP contribution in [-0.2, 0) is 0 Å². The molecule has 0 amide bonds. The van der Waals surface area contributed by atoms with Crippen LogP contribution in [0.4, 0.5) is 8.78 Å². The summed E-state index contributed by atoms with van der Waals surface area (Å²) < 4.78 is 62.9. The second kappa shape index (κ2) is 29.3. The molecule has 0 aliphatic rings. The standard InChI is InChI=1S/C60H66F2O10/c1-3-5-7-9-11-13-15-17-19-37-67-55-35-27-46(41-53(55)61)59(65)69-49-29-23-44(24-30-49)57(63)71-51-33-21-43-22-34-52(40-48(43)39-51)72-58(64)45-25-31-50(32-26-45)70-60(66)47-28-36-56(54(62)42-47)68-38-20-18-16-14-12-10-8-6-4-2/h21-36,39-42H,3-20,37-38H2,1-2H3. The smallest absolute Gasteiger partial charge is 0.343 e. The normalized spacial score (nSPS) is 11.0. The van der Waals surface area contributed by atoms with Crippen LogP contribution >= 0.6 is 0 Å². The maximum Gasteiger partial charge on any atom is 0.343 e. The molecular weight excluding hydrogens is 919 g/mol. The van der Waals surface area contributed by atoms with Crippen molar-refractivity contribution in [1.82, 2.24) is 0 Å². The highest BCUT2D eigenvalue weighted by Crippen LogP contribution is 2.28. The first-order chi connectivity index (χ1) is 35.1. The molecule has 0 aliphatic carbocycles. The summed E-state index contributed by atoms with van der Waals surface area (Å²) in [5.41, 5.74) is 0.396. The number of hydrogen-bond donors (Lipinski definition) is 0. The Kier molecular flexibility index (Phi) is 22.1. The van der Waals surface area contributed by atoms with Crippen LogP contribution in [0.1, 0.15) is 171 Å². The van der Waals surface area contributed by atoms with E-state index < -0.39 is 35.5 Å². The van der Waals surface area contributed by atoms with Crippen molar-refractivity contribution in [2.24, 2.45) is 0 Å². The number of hydrogen-bond acceptors (Lipinski definition) is 10. The molecule has 0 fully saturated rings. The Morgan fingerprint density at radius 2 is 0.639 bits per heavy atom. The molecule has 0 aromatic heterocycles. The third-order valence-electron chi connectivity index (χ3n) is 12.2. The van der Waals surface area contributed by atoms with E-state index in [0.717, 1.165) is 56.0 Å². The molecule has 0 radical (unpaired) electrons. The molecule has 0 unspecified atom stereocenters. The van der Waals surface area contributed by atoms with Gasteiger partial charge >= 0.3 is 23.9 Å². The van der Waals surface area contributed by atoms with Gasteiger partial charge in [0.25, 0.3) is 0 Å². The molecule has 0 atom stereocenters. The van der Waals surface area contributed by atoms with Gasteiger partial charge in [0.2, 0.25) is 0 Å². The van der Waals surface area contributed by atoms with E-state index in [4.69, 9.17) is 28.4 Å². The number of rotatable bonds is 30. The minimum Gasteiger partial charge on any atom is -0.491 e. The van der Waals surface area contributed by atoms with Crippen molar-refractivity contribution >= 4 is 34.6 Å². The second-order valence-corrected chi connectivity index (χ2v) is 17.9. The summed E-state index contributed by atoms with van der Waals surface area (Å²) in [6.07, 6.45) is 21.0. The highest BCUT2D eigenvalue weighted by Gasteiger charge is 2.17. The van der Waals surface area contributed by atoms with Crippen molar-refractivity contribution in [3.63, 3.8) is 0 Å². The first-order valence-electron chi connectivity index (χ1n) is 25.6. The summed E-state index contributed by atoms with van der Waals surface area (Å²) in [6, 6.07) is 29.4. The van der Waals surface area contributed by atoms with E-state index in [2.05, 4.69) is 13.8 Å². The van der Waals surface area contributed by atoms with Crippen molar-refractivity contribution in [2.45, 2.75) is 129 Å². The SMILES string of the molecule is CCCCCCCCCCCOc1ccc(C(=O)Oc2ccc(C(=O)Oc3ccc4ccc(OC(=O)c5ccc(OC(=O)c6ccc(OCCCCCCCCCCC)c(F)c6)cc5)cc4c3)cc2)cc1F. The summed E-state index contributed by atoms with van der Waals surface area (Å²) in [6.45, 7) is 5.21. The number of halogens is 2. The third-order valence-corrected chi connectivity index (χ3v) is 12.2. The molecule has 0 aliphatic heterocycles. The van der Waals surface area contributed by atoms with Gasteiger partial charge in [0.05, 0.1) is 35.5 Å². The Bertz CT molecular complexity index is 2500. The van der Waals surface area contributed by atoms with Gasteiger partial charge in [0.1, 0.15) is 23.0 Å². The molecular formula is C60H66F2O10. The minimum atomic E-state index is -0.769. The first kappa shape index (κ1) is 54.3. The molecule has 6 aromatic rings. The Morgan fingerprint density at radius 3 is 1.00 bits per heavy atom. The van der Waals surface area contributed by atoms with Crippen LogP contribution < -0.4 is 28.4 Å². The van der Waals surface area contributed by atoms with Crippen LogP contribution in [0.2, 0.25) is 0 Å². The van der Waals surface area contributed by atoms with E-state index in [-0.39, 0.29) is 56.8 Å². The van der Waals surface area contributed by atoms with E-state index in [1.807, 2.05) is 0 Å². The lowest BCUT2D eigenvalue weighted by molar-refractivity contribution is 0.0720. The molecule has 10 nitrogen and oxygen atoms in total. The van der Waals surface area contributed by atoms with Gasteiger partial charge in [-0.2, -0.15) is 0 Å². The zero-order valence-corrected chi connectivity index (χ0v) is 41.5. The highest BCUT2D eigenvalue weighted by molar-refractivity contribution is 5.95. The second-order valence-electron chi connectivity index (χ2n) is 17.9. The van der Waals surface area contributed by atoms with Crippen LogP contribution in [0.25, 0.3) is 10.8 Å². The Morgan fingerprint density at radius 1 is 0.333 bits per heavy atom. The summed E-state index contributed by atoms with van der Waals surface area (Å²) in [5.74, 6) is -3.26. The van der Waals surface area contributed by atoms with Crippen LogP contribution in [0.15, 0.2) is 121 Å². The summed E-state index contributed by atoms with van der Waals surface area (Å²) in [7, 11) is 0. The number of carbonyl (C=O) groups is 4. The molecule has 72 heavy (non-hydrogen) atoms. The van der Waals surface area contributed by atoms with Gasteiger partial charge in [-0.1, -0.05) is 129 Å². The maximum absolute atomic E-state index is 14.8. The van der Waals surface area contributed by atoms with Crippen molar-refractivity contribution in [3.05, 3.63) is 155 Å². The minimum absolute atomic E-state index is 0.0121. The largest absolute Gasteiger partial charge is 0.491 e. The molecule has 0 spiro atoms. The van der Waals surface area contributed by atoms with Gasteiger partial charge < -0.3 is 28.4 Å². The summed E-state index contributed by atoms with van der Waals surface area (Å²) in [5, 5.41) is 1.42. The molecule has 6 rings (SSSR count). The lowest BCUT2D eigenvalue weighted by Gasteiger charge is -2.10. The summed E-state index contributed by atoms with van der Waals surface area (Å²) >= 11 is 0. The van der Waals surface area contributed by atoms with Crippen molar-refractivity contribution in [3.8, 4) is 34.5 Å². The topological polar surface area (TPSA) is 124 Å². The number of benzene rings is 6. The van der Waals surface area contributed by atoms with Gasteiger partial charge in [-0.3, -0.25) is 0 Å². The molecule has 0 bridgehead atoms. The average Bonchev–Trinajstić information content (AvgIpc) is 3.38.